The fourth-order valence-corrected chi connectivity index (χ4v) is 4.52. The molecular weight excluding hydrogens is 536 g/mol. The van der Waals surface area contributed by atoms with Gasteiger partial charge in [0.05, 0.1) is 41.3 Å². The molecule has 240 valence electrons. The van der Waals surface area contributed by atoms with E-state index in [-0.39, 0.29) is 42.3 Å². The zero-order chi connectivity index (χ0) is 32.6. The van der Waals surface area contributed by atoms with Gasteiger partial charge in [-0.1, -0.05) is 13.8 Å². The summed E-state index contributed by atoms with van der Waals surface area (Å²) in [4.78, 5) is 55.5. The van der Waals surface area contributed by atoms with Crippen molar-refractivity contribution in [2.45, 2.75) is 72.5 Å². The van der Waals surface area contributed by atoms with E-state index in [1.807, 2.05) is 28.2 Å². The molecule has 13 nitrogen and oxygen atoms in total. The van der Waals surface area contributed by atoms with E-state index in [0.717, 1.165) is 32.9 Å². The van der Waals surface area contributed by atoms with Crippen molar-refractivity contribution in [3.8, 4) is 0 Å². The van der Waals surface area contributed by atoms with Crippen LogP contribution in [0.2, 0.25) is 0 Å². The highest BCUT2D eigenvalue weighted by molar-refractivity contribution is 6.03. The number of imide groups is 1. The first kappa shape index (κ1) is 40.5. The first-order valence-corrected chi connectivity index (χ1v) is 14.1. The normalized spacial score (nSPS) is 17.4. The second-order valence-corrected chi connectivity index (χ2v) is 12.3. The highest BCUT2D eigenvalue weighted by Crippen LogP contribution is 2.19. The lowest BCUT2D eigenvalue weighted by Gasteiger charge is -2.31. The summed E-state index contributed by atoms with van der Waals surface area (Å²) in [5, 5.41) is 40.8. The molecule has 0 aromatic heterocycles. The molecule has 1 heterocycles. The molecular formula is C28H54N4O9. The monoisotopic (exact) mass is 590 g/mol. The number of nitrogens with zero attached hydrogens (tertiary/aromatic N) is 3. The molecule has 1 aliphatic heterocycles. The molecule has 0 aromatic rings. The minimum atomic E-state index is -1.20. The highest BCUT2D eigenvalue weighted by atomic mass is 16.4. The molecule has 3 N–H and O–H groups in total. The number of likely N-dealkylation sites (tertiary alicyclic amines) is 1. The lowest BCUT2D eigenvalue weighted by molar-refractivity contribution is -0.893. The maximum absolute atomic E-state index is 11.7. The number of likely N-dealkylation sites (N-methyl/N-ethyl adjacent to an activating group) is 2. The molecule has 13 heteroatoms. The molecule has 4 unspecified atom stereocenters. The summed E-state index contributed by atoms with van der Waals surface area (Å²) in [6, 6.07) is 0. The van der Waals surface area contributed by atoms with E-state index in [9.17, 15) is 34.5 Å². The Balaban J connectivity index is 0. The van der Waals surface area contributed by atoms with Crippen molar-refractivity contribution in [3.63, 3.8) is 0 Å². The van der Waals surface area contributed by atoms with E-state index in [4.69, 9.17) is 9.90 Å². The van der Waals surface area contributed by atoms with Crippen molar-refractivity contribution in [1.82, 2.24) is 10.2 Å². The number of carboxylic acids is 2. The predicted octanol–water partition coefficient (Wildman–Crippen LogP) is -2.29. The molecule has 0 bridgehead atoms. The van der Waals surface area contributed by atoms with Crippen LogP contribution in [0, 0.1) is 11.8 Å². The number of amides is 3. The van der Waals surface area contributed by atoms with E-state index in [2.05, 4.69) is 5.32 Å². The van der Waals surface area contributed by atoms with Crippen molar-refractivity contribution < 1.29 is 53.4 Å². The van der Waals surface area contributed by atoms with E-state index < -0.39 is 17.9 Å². The Labute approximate surface area is 245 Å². The second kappa shape index (κ2) is 19.5. The first-order chi connectivity index (χ1) is 18.6. The third-order valence-corrected chi connectivity index (χ3v) is 6.29. The molecule has 0 spiro atoms. The number of aliphatic hydroxyl groups is 2. The van der Waals surface area contributed by atoms with Crippen LogP contribution in [-0.2, 0) is 24.0 Å². The van der Waals surface area contributed by atoms with Gasteiger partial charge >= 0.3 is 0 Å². The Morgan fingerprint density at radius 3 is 1.76 bits per heavy atom. The van der Waals surface area contributed by atoms with Gasteiger partial charge < -0.3 is 44.3 Å². The Hall–Kier alpha value is -2.61. The van der Waals surface area contributed by atoms with Crippen LogP contribution < -0.4 is 15.5 Å². The van der Waals surface area contributed by atoms with Crippen molar-refractivity contribution in [3.05, 3.63) is 0 Å². The molecule has 1 saturated heterocycles. The molecule has 0 radical (unpaired) electrons. The van der Waals surface area contributed by atoms with Crippen molar-refractivity contribution >= 4 is 29.7 Å². The Morgan fingerprint density at radius 2 is 1.39 bits per heavy atom. The van der Waals surface area contributed by atoms with Crippen LogP contribution in [0.5, 0.6) is 0 Å². The maximum Gasteiger partial charge on any atom is 0.232 e. The molecule has 4 atom stereocenters. The number of carbonyl (C=O) groups excluding carboxylic acids is 5. The zero-order valence-electron chi connectivity index (χ0n) is 26.5. The minimum Gasteiger partial charge on any atom is -0.550 e. The maximum atomic E-state index is 11.7. The summed E-state index contributed by atoms with van der Waals surface area (Å²) in [6.45, 7) is 11.8. The van der Waals surface area contributed by atoms with Crippen molar-refractivity contribution in [2.24, 2.45) is 11.8 Å². The number of aliphatic hydroxyl groups excluding tert-OH is 2. The van der Waals surface area contributed by atoms with Gasteiger partial charge in [0.15, 0.2) is 0 Å². The fraction of sp³-hybridized carbons (Fsp3) is 0.821. The lowest BCUT2D eigenvalue weighted by Crippen LogP contribution is -2.46. The van der Waals surface area contributed by atoms with Crippen LogP contribution in [0.25, 0.3) is 0 Å². The smallest absolute Gasteiger partial charge is 0.232 e. The first-order valence-electron chi connectivity index (χ1n) is 14.1. The molecule has 0 aromatic carbocycles. The molecule has 0 aliphatic carbocycles. The van der Waals surface area contributed by atoms with E-state index in [0.29, 0.717) is 41.6 Å². The average molecular weight is 591 g/mol. The number of quaternary nitrogens is 2. The molecule has 1 aliphatic rings. The summed E-state index contributed by atoms with van der Waals surface area (Å²) in [7, 11) is 8.13. The lowest BCUT2D eigenvalue weighted by atomic mass is 10.1. The SMILES string of the molecule is CC(=O)[O-].CC(O)C[N+](C)(C)CCCN1C(=O)CC(C)C1=O.CC(O)C[N+](C)(C)CCCNC(=O)CC(C)C(=O)[O-]. The fourth-order valence-electron chi connectivity index (χ4n) is 4.52. The quantitative estimate of drug-likeness (QED) is 0.107. The summed E-state index contributed by atoms with van der Waals surface area (Å²) < 4.78 is 1.38. The van der Waals surface area contributed by atoms with Gasteiger partial charge in [0.1, 0.15) is 25.3 Å². The summed E-state index contributed by atoms with van der Waals surface area (Å²) in [5.74, 6) is -3.56. The largest absolute Gasteiger partial charge is 0.550 e. The standard InChI is InChI=1S/C13H26N2O4.C13H25N2O3.C2H4O2/c1-10(13(18)19)8-12(17)14-6-5-7-15(3,4)9-11(2)16;1-10-8-12(17)14(13(10)18)6-5-7-15(3,4)9-11(2)16;1-2(3)4/h10-11,16H,5-9H2,1-4H3,(H-,14,17,18,19);10-11,16H,5-9H2,1-4H3;1H3,(H,3,4)/q;+1;/p-1. The van der Waals surface area contributed by atoms with Gasteiger partial charge in [-0.3, -0.25) is 19.3 Å². The van der Waals surface area contributed by atoms with Gasteiger partial charge in [-0.15, -0.1) is 0 Å². The Morgan fingerprint density at radius 1 is 0.951 bits per heavy atom. The summed E-state index contributed by atoms with van der Waals surface area (Å²) in [5.41, 5.74) is 0. The van der Waals surface area contributed by atoms with Crippen LogP contribution in [0.1, 0.15) is 60.3 Å². The third-order valence-electron chi connectivity index (χ3n) is 6.29. The zero-order valence-corrected chi connectivity index (χ0v) is 26.5. The number of rotatable bonds is 15. The van der Waals surface area contributed by atoms with Crippen molar-refractivity contribution in [2.75, 3.05) is 67.5 Å². The number of carboxylic acid groups (broad SMARTS) is 2. The molecule has 0 saturated carbocycles. The number of nitrogens with one attached hydrogen (secondary N) is 1. The summed E-state index contributed by atoms with van der Waals surface area (Å²) in [6.07, 6.45) is 1.18. The van der Waals surface area contributed by atoms with Gasteiger partial charge in [-0.2, -0.15) is 0 Å². The molecule has 3 amide bonds. The highest BCUT2D eigenvalue weighted by Gasteiger charge is 2.35. The predicted molar refractivity (Wildman–Crippen MR) is 149 cm³/mol. The Bertz CT molecular complexity index is 840. The molecule has 41 heavy (non-hydrogen) atoms. The topological polar surface area (TPSA) is 187 Å². The number of aliphatic carboxylic acids is 2. The van der Waals surface area contributed by atoms with Gasteiger partial charge in [-0.05, 0) is 20.8 Å². The average Bonchev–Trinajstić information content (AvgIpc) is 3.00. The van der Waals surface area contributed by atoms with Crippen LogP contribution >= 0.6 is 0 Å². The third kappa shape index (κ3) is 21.8. The molecule has 1 fully saturated rings. The summed E-state index contributed by atoms with van der Waals surface area (Å²) >= 11 is 0. The molecule has 1 rings (SSSR count). The van der Waals surface area contributed by atoms with Crippen LogP contribution in [-0.4, -0.2) is 133 Å². The number of carbonyl (C=O) groups is 5. The van der Waals surface area contributed by atoms with Gasteiger partial charge in [0.2, 0.25) is 17.7 Å². The van der Waals surface area contributed by atoms with Gasteiger partial charge in [0, 0.05) is 62.5 Å². The van der Waals surface area contributed by atoms with Gasteiger partial charge in [-0.25, -0.2) is 0 Å². The van der Waals surface area contributed by atoms with Crippen LogP contribution in [0.15, 0.2) is 0 Å². The van der Waals surface area contributed by atoms with Crippen LogP contribution in [0.4, 0.5) is 0 Å². The van der Waals surface area contributed by atoms with Crippen molar-refractivity contribution in [1.29, 1.82) is 0 Å². The number of hydrogen-bond donors (Lipinski definition) is 3. The Kier molecular flexibility index (Phi) is 19.3. The van der Waals surface area contributed by atoms with E-state index >= 15 is 0 Å². The van der Waals surface area contributed by atoms with E-state index in [1.165, 1.54) is 11.8 Å². The number of hydrogen-bond acceptors (Lipinski definition) is 9. The minimum absolute atomic E-state index is 0.0409. The van der Waals surface area contributed by atoms with Crippen LogP contribution in [0.3, 0.4) is 0 Å². The van der Waals surface area contributed by atoms with E-state index in [1.54, 1.807) is 20.8 Å². The second-order valence-electron chi connectivity index (χ2n) is 12.3. The van der Waals surface area contributed by atoms with Gasteiger partial charge in [0.25, 0.3) is 0 Å².